The van der Waals surface area contributed by atoms with Crippen LogP contribution < -0.4 is 4.72 Å². The molecule has 0 aliphatic rings. The van der Waals surface area contributed by atoms with Crippen molar-refractivity contribution in [3.05, 3.63) is 35.5 Å². The molecule has 20 heavy (non-hydrogen) atoms. The Labute approximate surface area is 118 Å². The van der Waals surface area contributed by atoms with E-state index in [2.05, 4.69) is 14.4 Å². The largest absolute Gasteiger partial charge is 0.508 e. The maximum Gasteiger partial charge on any atom is 0.358 e. The molecule has 0 bridgehead atoms. The number of methoxy groups -OCH3 is 1. The molecule has 7 nitrogen and oxygen atoms in total. The van der Waals surface area contributed by atoms with Crippen molar-refractivity contribution in [1.29, 1.82) is 0 Å². The summed E-state index contributed by atoms with van der Waals surface area (Å²) in [6.07, 6.45) is 0. The van der Waals surface area contributed by atoms with Crippen LogP contribution in [0.2, 0.25) is 0 Å². The predicted octanol–water partition coefficient (Wildman–Crippen LogP) is 1.44. The Hall–Kier alpha value is -2.13. The second-order valence-corrected chi connectivity index (χ2v) is 6.37. The van der Waals surface area contributed by atoms with E-state index in [9.17, 15) is 18.3 Å². The number of nitrogens with zero attached hydrogens (tertiary/aromatic N) is 1. The molecule has 1 aromatic heterocycles. The van der Waals surface area contributed by atoms with E-state index in [1.807, 2.05) is 0 Å². The van der Waals surface area contributed by atoms with Crippen LogP contribution in [0.1, 0.15) is 10.5 Å². The molecule has 0 unspecified atom stereocenters. The van der Waals surface area contributed by atoms with Crippen LogP contribution in [0.25, 0.3) is 0 Å². The molecule has 0 spiro atoms. The number of aromatic nitrogens is 1. The van der Waals surface area contributed by atoms with Crippen molar-refractivity contribution in [1.82, 2.24) is 4.98 Å². The lowest BCUT2D eigenvalue weighted by Gasteiger charge is -2.07. The third kappa shape index (κ3) is 2.89. The number of hydrogen-bond acceptors (Lipinski definition) is 7. The minimum atomic E-state index is -3.98. The van der Waals surface area contributed by atoms with Gasteiger partial charge in [-0.1, -0.05) is 6.07 Å². The maximum atomic E-state index is 12.2. The minimum Gasteiger partial charge on any atom is -0.508 e. The van der Waals surface area contributed by atoms with Crippen molar-refractivity contribution in [3.63, 3.8) is 0 Å². The molecule has 0 aliphatic heterocycles. The summed E-state index contributed by atoms with van der Waals surface area (Å²) < 4.78 is 30.9. The second kappa shape index (κ2) is 5.47. The summed E-state index contributed by atoms with van der Waals surface area (Å²) in [5.41, 5.74) is 1.14. The number of nitrogens with one attached hydrogen (secondary N) is 1. The molecule has 2 aromatic rings. The van der Waals surface area contributed by atoms with Crippen LogP contribution in [0.15, 0.2) is 34.0 Å². The number of anilines is 1. The Bertz CT molecular complexity index is 739. The van der Waals surface area contributed by atoms with Crippen LogP contribution in [-0.2, 0) is 14.8 Å². The lowest BCUT2D eigenvalue weighted by molar-refractivity contribution is 0.0590. The van der Waals surface area contributed by atoms with Crippen molar-refractivity contribution in [2.45, 2.75) is 4.21 Å². The summed E-state index contributed by atoms with van der Waals surface area (Å²) in [5.74, 6) is -0.912. The number of carbonyl (C=O) groups excluding carboxylic acids is 1. The van der Waals surface area contributed by atoms with Gasteiger partial charge in [-0.3, -0.25) is 4.72 Å². The van der Waals surface area contributed by atoms with Crippen LogP contribution in [0, 0.1) is 0 Å². The highest BCUT2D eigenvalue weighted by molar-refractivity contribution is 7.94. The van der Waals surface area contributed by atoms with Gasteiger partial charge in [0, 0.05) is 6.07 Å². The van der Waals surface area contributed by atoms with Crippen molar-refractivity contribution in [2.75, 3.05) is 11.8 Å². The first kappa shape index (κ1) is 14.3. The number of rotatable bonds is 4. The van der Waals surface area contributed by atoms with Gasteiger partial charge in [-0.25, -0.2) is 18.2 Å². The first-order chi connectivity index (χ1) is 9.44. The zero-order valence-corrected chi connectivity index (χ0v) is 11.9. The quantitative estimate of drug-likeness (QED) is 0.827. The lowest BCUT2D eigenvalue weighted by atomic mass is 10.3. The number of phenols is 1. The zero-order valence-electron chi connectivity index (χ0n) is 10.2. The predicted molar refractivity (Wildman–Crippen MR) is 72.4 cm³/mol. The van der Waals surface area contributed by atoms with Gasteiger partial charge in [0.15, 0.2) is 9.90 Å². The number of ether oxygens (including phenoxy) is 1. The molecule has 9 heteroatoms. The van der Waals surface area contributed by atoms with Gasteiger partial charge in [0.1, 0.15) is 5.75 Å². The summed E-state index contributed by atoms with van der Waals surface area (Å²) in [7, 11) is -2.84. The average molecular weight is 314 g/mol. The molecule has 0 aliphatic carbocycles. The van der Waals surface area contributed by atoms with E-state index >= 15 is 0 Å². The lowest BCUT2D eigenvalue weighted by Crippen LogP contribution is -2.16. The molecule has 0 atom stereocenters. The monoisotopic (exact) mass is 314 g/mol. The van der Waals surface area contributed by atoms with Crippen molar-refractivity contribution < 1.29 is 23.1 Å². The molecule has 2 N–H and O–H groups in total. The fourth-order valence-corrected chi connectivity index (χ4v) is 3.61. The highest BCUT2D eigenvalue weighted by Gasteiger charge is 2.26. The van der Waals surface area contributed by atoms with Crippen molar-refractivity contribution >= 4 is 33.0 Å². The van der Waals surface area contributed by atoms with Crippen LogP contribution >= 0.6 is 11.3 Å². The smallest absolute Gasteiger partial charge is 0.358 e. The van der Waals surface area contributed by atoms with Gasteiger partial charge in [-0.2, -0.15) is 0 Å². The molecule has 0 fully saturated rings. The Morgan fingerprint density at radius 1 is 1.45 bits per heavy atom. The van der Waals surface area contributed by atoms with E-state index in [-0.39, 0.29) is 21.3 Å². The SMILES string of the molecule is COC(=O)c1ncsc1S(=O)(=O)Nc1cccc(O)c1. The molecule has 0 amide bonds. The number of aromatic hydroxyl groups is 1. The van der Waals surface area contributed by atoms with Crippen molar-refractivity contribution in [3.8, 4) is 5.75 Å². The Morgan fingerprint density at radius 3 is 2.85 bits per heavy atom. The third-order valence-corrected chi connectivity index (χ3v) is 5.01. The fraction of sp³-hybridized carbons (Fsp3) is 0.0909. The number of benzene rings is 1. The van der Waals surface area contributed by atoms with E-state index in [4.69, 9.17) is 0 Å². The molecule has 0 radical (unpaired) electrons. The van der Waals surface area contributed by atoms with Gasteiger partial charge in [0.2, 0.25) is 0 Å². The third-order valence-electron chi connectivity index (χ3n) is 2.26. The van der Waals surface area contributed by atoms with Gasteiger partial charge in [-0.05, 0) is 12.1 Å². The molecule has 1 aromatic carbocycles. The summed E-state index contributed by atoms with van der Waals surface area (Å²) in [6.45, 7) is 0. The number of sulfonamides is 1. The first-order valence-corrected chi connectivity index (χ1v) is 7.64. The Morgan fingerprint density at radius 2 is 2.20 bits per heavy atom. The van der Waals surface area contributed by atoms with Crippen LogP contribution in [0.3, 0.4) is 0 Å². The number of thiazole rings is 1. The van der Waals surface area contributed by atoms with Crippen LogP contribution in [0.4, 0.5) is 5.69 Å². The van der Waals surface area contributed by atoms with Crippen LogP contribution in [0.5, 0.6) is 5.75 Å². The topological polar surface area (TPSA) is 106 Å². The molecule has 0 saturated heterocycles. The van der Waals surface area contributed by atoms with Crippen molar-refractivity contribution in [2.24, 2.45) is 0 Å². The Kier molecular flexibility index (Phi) is 3.91. The van der Waals surface area contributed by atoms with Gasteiger partial charge >= 0.3 is 5.97 Å². The number of phenolic OH excluding ortho intramolecular Hbond substituents is 1. The van der Waals surface area contributed by atoms with Gasteiger partial charge < -0.3 is 9.84 Å². The fourth-order valence-electron chi connectivity index (χ4n) is 1.43. The number of carbonyl (C=O) groups is 1. The molecule has 1 heterocycles. The summed E-state index contributed by atoms with van der Waals surface area (Å²) in [4.78, 5) is 15.1. The minimum absolute atomic E-state index is 0.0808. The Balaban J connectivity index is 2.36. The van der Waals surface area contributed by atoms with E-state index in [1.54, 1.807) is 0 Å². The number of esters is 1. The van der Waals surface area contributed by atoms with E-state index in [0.29, 0.717) is 0 Å². The summed E-state index contributed by atoms with van der Waals surface area (Å²) in [6, 6.07) is 5.61. The molecular weight excluding hydrogens is 304 g/mol. The van der Waals surface area contributed by atoms with Crippen LogP contribution in [-0.4, -0.2) is 31.6 Å². The highest BCUT2D eigenvalue weighted by Crippen LogP contribution is 2.25. The standard InChI is InChI=1S/C11H10N2O5S2/c1-18-10(15)9-11(19-6-12-9)20(16,17)13-7-3-2-4-8(14)5-7/h2-6,13-14H,1H3. The zero-order chi connectivity index (χ0) is 14.8. The van der Waals surface area contributed by atoms with E-state index in [0.717, 1.165) is 18.4 Å². The summed E-state index contributed by atoms with van der Waals surface area (Å²) >= 11 is 0.799. The van der Waals surface area contributed by atoms with E-state index < -0.39 is 16.0 Å². The molecule has 0 saturated carbocycles. The summed E-state index contributed by atoms with van der Waals surface area (Å²) in [5, 5.41) is 9.30. The molecule has 106 valence electrons. The van der Waals surface area contributed by atoms with Gasteiger partial charge in [-0.15, -0.1) is 11.3 Å². The second-order valence-electron chi connectivity index (χ2n) is 3.64. The first-order valence-electron chi connectivity index (χ1n) is 5.27. The normalized spacial score (nSPS) is 11.1. The average Bonchev–Trinajstić information content (AvgIpc) is 2.87. The molecule has 2 rings (SSSR count). The van der Waals surface area contributed by atoms with Gasteiger partial charge in [0.25, 0.3) is 10.0 Å². The maximum absolute atomic E-state index is 12.2. The van der Waals surface area contributed by atoms with E-state index in [1.165, 1.54) is 29.8 Å². The highest BCUT2D eigenvalue weighted by atomic mass is 32.2. The number of hydrogen-bond donors (Lipinski definition) is 2. The molecular formula is C11H10N2O5S2. The van der Waals surface area contributed by atoms with Gasteiger partial charge in [0.05, 0.1) is 18.3 Å².